The molecule has 1 fully saturated rings. The summed E-state index contributed by atoms with van der Waals surface area (Å²) in [6.45, 7) is 1.68. The van der Waals surface area contributed by atoms with E-state index in [9.17, 15) is 9.18 Å². The van der Waals surface area contributed by atoms with Crippen LogP contribution < -0.4 is 5.32 Å². The van der Waals surface area contributed by atoms with Crippen molar-refractivity contribution in [2.75, 3.05) is 0 Å². The van der Waals surface area contributed by atoms with E-state index in [-0.39, 0.29) is 23.7 Å². The maximum Gasteiger partial charge on any atom is 0.257 e. The van der Waals surface area contributed by atoms with Gasteiger partial charge in [0.15, 0.2) is 0 Å². The van der Waals surface area contributed by atoms with Crippen molar-refractivity contribution in [3.05, 3.63) is 76.3 Å². The Kier molecular flexibility index (Phi) is 4.24. The maximum absolute atomic E-state index is 13.9. The summed E-state index contributed by atoms with van der Waals surface area (Å²) in [5.41, 5.74) is 2.04. The second-order valence-corrected chi connectivity index (χ2v) is 6.79. The molecule has 4 nitrogen and oxygen atoms in total. The molecule has 132 valence electrons. The number of amides is 1. The molecule has 1 aliphatic rings. The first-order chi connectivity index (χ1) is 12.6. The van der Waals surface area contributed by atoms with E-state index < -0.39 is 0 Å². The van der Waals surface area contributed by atoms with E-state index >= 15 is 0 Å². The number of aromatic nitrogens is 1. The van der Waals surface area contributed by atoms with Gasteiger partial charge in [-0.15, -0.1) is 0 Å². The van der Waals surface area contributed by atoms with Gasteiger partial charge in [0.05, 0.1) is 5.02 Å². The van der Waals surface area contributed by atoms with Gasteiger partial charge in [-0.2, -0.15) is 0 Å². The van der Waals surface area contributed by atoms with Crippen LogP contribution in [0.4, 0.5) is 4.39 Å². The minimum absolute atomic E-state index is 0.0101. The molecule has 0 radical (unpaired) electrons. The fourth-order valence-electron chi connectivity index (χ4n) is 3.19. The summed E-state index contributed by atoms with van der Waals surface area (Å²) in [5.74, 6) is -0.126. The Balaban J connectivity index is 1.56. The Morgan fingerprint density at radius 1 is 1.23 bits per heavy atom. The monoisotopic (exact) mass is 370 g/mol. The van der Waals surface area contributed by atoms with E-state index in [1.54, 1.807) is 37.3 Å². The summed E-state index contributed by atoms with van der Waals surface area (Å²) in [7, 11) is 0. The normalized spacial score (nSPS) is 18.6. The van der Waals surface area contributed by atoms with Gasteiger partial charge in [-0.1, -0.05) is 53.2 Å². The third-order valence-electron chi connectivity index (χ3n) is 4.63. The summed E-state index contributed by atoms with van der Waals surface area (Å²) >= 11 is 6.23. The molecular weight excluding hydrogens is 355 g/mol. The molecule has 1 saturated carbocycles. The van der Waals surface area contributed by atoms with E-state index in [2.05, 4.69) is 10.5 Å². The molecule has 2 atom stereocenters. The molecule has 0 saturated heterocycles. The Hall–Kier alpha value is -2.66. The summed E-state index contributed by atoms with van der Waals surface area (Å²) < 4.78 is 19.1. The van der Waals surface area contributed by atoms with Crippen LogP contribution in [0.15, 0.2) is 53.1 Å². The van der Waals surface area contributed by atoms with Gasteiger partial charge in [0, 0.05) is 17.5 Å². The standard InChI is InChI=1S/C20H16ClFN2O2/c1-11-18(19(24-26-11)13-7-2-4-8-15(13)21)20(25)23-17-10-14(17)12-6-3-5-9-16(12)22/h2-9,14,17H,10H2,1H3,(H,23,25)/t14-,17+/m1/s1. The van der Waals surface area contributed by atoms with Crippen LogP contribution >= 0.6 is 11.6 Å². The van der Waals surface area contributed by atoms with Crippen molar-refractivity contribution >= 4 is 17.5 Å². The molecule has 1 aliphatic carbocycles. The van der Waals surface area contributed by atoms with E-state index in [1.807, 2.05) is 12.1 Å². The van der Waals surface area contributed by atoms with Gasteiger partial charge in [0.25, 0.3) is 5.91 Å². The molecule has 3 aromatic rings. The number of benzene rings is 2. The highest BCUT2D eigenvalue weighted by Gasteiger charge is 2.41. The van der Waals surface area contributed by atoms with Gasteiger partial charge in [0.2, 0.25) is 0 Å². The minimum atomic E-state index is -0.289. The number of carbonyl (C=O) groups is 1. The molecule has 26 heavy (non-hydrogen) atoms. The second kappa shape index (κ2) is 6.57. The van der Waals surface area contributed by atoms with Gasteiger partial charge in [0.1, 0.15) is 22.8 Å². The van der Waals surface area contributed by atoms with Crippen molar-refractivity contribution < 1.29 is 13.7 Å². The van der Waals surface area contributed by atoms with Crippen LogP contribution in [0.1, 0.15) is 34.0 Å². The van der Waals surface area contributed by atoms with Crippen LogP contribution in [0.3, 0.4) is 0 Å². The Morgan fingerprint density at radius 3 is 2.73 bits per heavy atom. The van der Waals surface area contributed by atoms with Crippen molar-refractivity contribution in [1.82, 2.24) is 10.5 Å². The lowest BCUT2D eigenvalue weighted by molar-refractivity contribution is 0.0949. The number of halogens is 2. The summed E-state index contributed by atoms with van der Waals surface area (Å²) in [6.07, 6.45) is 0.707. The number of carbonyl (C=O) groups excluding carboxylic acids is 1. The third kappa shape index (κ3) is 2.99. The Bertz CT molecular complexity index is 985. The molecule has 1 heterocycles. The van der Waals surface area contributed by atoms with Crippen LogP contribution in [0.2, 0.25) is 5.02 Å². The molecule has 0 spiro atoms. The highest BCUT2D eigenvalue weighted by Crippen LogP contribution is 2.42. The maximum atomic E-state index is 13.9. The first kappa shape index (κ1) is 16.8. The summed E-state index contributed by atoms with van der Waals surface area (Å²) in [4.78, 5) is 12.8. The van der Waals surface area contributed by atoms with Gasteiger partial charge < -0.3 is 9.84 Å². The zero-order valence-electron chi connectivity index (χ0n) is 14.0. The SMILES string of the molecule is Cc1onc(-c2ccccc2Cl)c1C(=O)N[C@H]1C[C@@H]1c1ccccc1F. The predicted octanol–water partition coefficient (Wildman–Crippen LogP) is 4.73. The number of nitrogens with one attached hydrogen (secondary N) is 1. The number of rotatable bonds is 4. The van der Waals surface area contributed by atoms with Crippen LogP contribution in [0, 0.1) is 12.7 Å². The smallest absolute Gasteiger partial charge is 0.257 e. The van der Waals surface area contributed by atoms with Crippen LogP contribution in [-0.2, 0) is 0 Å². The van der Waals surface area contributed by atoms with E-state index in [0.29, 0.717) is 39.6 Å². The molecule has 0 unspecified atom stereocenters. The van der Waals surface area contributed by atoms with Crippen molar-refractivity contribution in [1.29, 1.82) is 0 Å². The highest BCUT2D eigenvalue weighted by atomic mass is 35.5. The largest absolute Gasteiger partial charge is 0.360 e. The van der Waals surface area contributed by atoms with Gasteiger partial charge in [-0.3, -0.25) is 4.79 Å². The predicted molar refractivity (Wildman–Crippen MR) is 96.7 cm³/mol. The lowest BCUT2D eigenvalue weighted by atomic mass is 10.1. The van der Waals surface area contributed by atoms with Gasteiger partial charge >= 0.3 is 0 Å². The fraction of sp³-hybridized carbons (Fsp3) is 0.200. The lowest BCUT2D eigenvalue weighted by Crippen LogP contribution is -2.27. The van der Waals surface area contributed by atoms with E-state index in [1.165, 1.54) is 6.07 Å². The molecular formula is C20H16ClFN2O2. The first-order valence-electron chi connectivity index (χ1n) is 8.32. The minimum Gasteiger partial charge on any atom is -0.360 e. The number of hydrogen-bond acceptors (Lipinski definition) is 3. The van der Waals surface area contributed by atoms with Crippen molar-refractivity contribution in [3.8, 4) is 11.3 Å². The van der Waals surface area contributed by atoms with Crippen molar-refractivity contribution in [2.24, 2.45) is 0 Å². The highest BCUT2D eigenvalue weighted by molar-refractivity contribution is 6.33. The molecule has 2 aromatic carbocycles. The first-order valence-corrected chi connectivity index (χ1v) is 8.70. The van der Waals surface area contributed by atoms with E-state index in [0.717, 1.165) is 0 Å². The summed E-state index contributed by atoms with van der Waals surface area (Å²) in [6, 6.07) is 13.7. The molecule has 0 aliphatic heterocycles. The third-order valence-corrected chi connectivity index (χ3v) is 4.96. The average Bonchev–Trinajstić information content (AvgIpc) is 3.27. The average molecular weight is 371 g/mol. The second-order valence-electron chi connectivity index (χ2n) is 6.39. The number of hydrogen-bond donors (Lipinski definition) is 1. The summed E-state index contributed by atoms with van der Waals surface area (Å²) in [5, 5.41) is 7.45. The van der Waals surface area contributed by atoms with E-state index in [4.69, 9.17) is 16.1 Å². The molecule has 1 aromatic heterocycles. The number of nitrogens with zero attached hydrogens (tertiary/aromatic N) is 1. The quantitative estimate of drug-likeness (QED) is 0.722. The molecule has 0 bridgehead atoms. The van der Waals surface area contributed by atoms with Crippen LogP contribution in [-0.4, -0.2) is 17.1 Å². The number of aryl methyl sites for hydroxylation is 1. The van der Waals surface area contributed by atoms with Crippen LogP contribution in [0.25, 0.3) is 11.3 Å². The topological polar surface area (TPSA) is 55.1 Å². The zero-order chi connectivity index (χ0) is 18.3. The molecule has 6 heteroatoms. The van der Waals surface area contributed by atoms with Gasteiger partial charge in [-0.25, -0.2) is 4.39 Å². The fourth-order valence-corrected chi connectivity index (χ4v) is 3.42. The zero-order valence-corrected chi connectivity index (χ0v) is 14.8. The van der Waals surface area contributed by atoms with Gasteiger partial charge in [-0.05, 0) is 31.0 Å². The molecule has 1 amide bonds. The molecule has 1 N–H and O–H groups in total. The van der Waals surface area contributed by atoms with Crippen LogP contribution in [0.5, 0.6) is 0 Å². The lowest BCUT2D eigenvalue weighted by Gasteiger charge is -2.07. The van der Waals surface area contributed by atoms with Crippen molar-refractivity contribution in [3.63, 3.8) is 0 Å². The molecule has 4 rings (SSSR count). The van der Waals surface area contributed by atoms with Crippen molar-refractivity contribution in [2.45, 2.75) is 25.3 Å². The Morgan fingerprint density at radius 2 is 1.96 bits per heavy atom. The Labute approximate surface area is 155 Å².